The van der Waals surface area contributed by atoms with Gasteiger partial charge in [-0.25, -0.2) is 4.98 Å². The summed E-state index contributed by atoms with van der Waals surface area (Å²) in [5.74, 6) is -0.794. The SMILES string of the molecule is N#CCOc1ccc(/C=C(/Sc2nc3ccccc3o2)C(=O)[O-])cc1. The smallest absolute Gasteiger partial charge is 0.261 e. The summed E-state index contributed by atoms with van der Waals surface area (Å²) in [7, 11) is 0. The van der Waals surface area contributed by atoms with Gasteiger partial charge in [-0.3, -0.25) is 0 Å². The Morgan fingerprint density at radius 2 is 2.04 bits per heavy atom. The Balaban J connectivity index is 1.81. The van der Waals surface area contributed by atoms with Gasteiger partial charge in [-0.2, -0.15) is 5.26 Å². The van der Waals surface area contributed by atoms with Crippen LogP contribution in [0.15, 0.2) is 63.1 Å². The van der Waals surface area contributed by atoms with Gasteiger partial charge in [0.1, 0.15) is 17.3 Å². The summed E-state index contributed by atoms with van der Waals surface area (Å²) in [6, 6.07) is 15.7. The molecule has 3 rings (SSSR count). The van der Waals surface area contributed by atoms with E-state index < -0.39 is 5.97 Å². The highest BCUT2D eigenvalue weighted by Gasteiger charge is 2.10. The van der Waals surface area contributed by atoms with E-state index in [1.54, 1.807) is 36.4 Å². The van der Waals surface area contributed by atoms with Crippen LogP contribution < -0.4 is 9.84 Å². The molecule has 0 amide bonds. The molecule has 0 atom stereocenters. The number of oxazole rings is 1. The number of carbonyl (C=O) groups excluding carboxylic acids is 1. The van der Waals surface area contributed by atoms with Gasteiger partial charge in [0, 0.05) is 4.91 Å². The third-order valence-electron chi connectivity index (χ3n) is 3.15. The van der Waals surface area contributed by atoms with Gasteiger partial charge < -0.3 is 19.1 Å². The number of nitriles is 1. The van der Waals surface area contributed by atoms with Gasteiger partial charge in [0.2, 0.25) is 0 Å². The largest absolute Gasteiger partial charge is 0.544 e. The van der Waals surface area contributed by atoms with E-state index in [4.69, 9.17) is 14.4 Å². The monoisotopic (exact) mass is 351 g/mol. The van der Waals surface area contributed by atoms with Crippen LogP contribution in [0.4, 0.5) is 0 Å². The molecule has 0 radical (unpaired) electrons. The predicted molar refractivity (Wildman–Crippen MR) is 90.4 cm³/mol. The predicted octanol–water partition coefficient (Wildman–Crippen LogP) is 2.61. The summed E-state index contributed by atoms with van der Waals surface area (Å²) in [6.07, 6.45) is 1.46. The van der Waals surface area contributed by atoms with Crippen molar-refractivity contribution in [1.82, 2.24) is 4.98 Å². The molecule has 0 bridgehead atoms. The fourth-order valence-electron chi connectivity index (χ4n) is 2.05. The highest BCUT2D eigenvalue weighted by atomic mass is 32.2. The van der Waals surface area contributed by atoms with E-state index in [2.05, 4.69) is 4.98 Å². The maximum Gasteiger partial charge on any atom is 0.261 e. The number of ether oxygens (including phenoxy) is 1. The van der Waals surface area contributed by atoms with Crippen molar-refractivity contribution in [2.45, 2.75) is 5.22 Å². The minimum absolute atomic E-state index is 0.0303. The van der Waals surface area contributed by atoms with Crippen LogP contribution in [0.3, 0.4) is 0 Å². The van der Waals surface area contributed by atoms with Crippen molar-refractivity contribution < 1.29 is 19.1 Å². The maximum atomic E-state index is 11.4. The Morgan fingerprint density at radius 3 is 2.72 bits per heavy atom. The second-order valence-corrected chi connectivity index (χ2v) is 5.85. The third kappa shape index (κ3) is 4.19. The molecule has 0 fully saturated rings. The number of aromatic nitrogens is 1. The quantitative estimate of drug-likeness (QED) is 0.497. The topological polar surface area (TPSA) is 99.2 Å². The summed E-state index contributed by atoms with van der Waals surface area (Å²) in [4.78, 5) is 15.6. The Morgan fingerprint density at radius 1 is 1.28 bits per heavy atom. The number of para-hydroxylation sites is 2. The second kappa shape index (κ2) is 7.55. The highest BCUT2D eigenvalue weighted by Crippen LogP contribution is 2.30. The molecule has 0 spiro atoms. The van der Waals surface area contributed by atoms with Gasteiger partial charge in [-0.1, -0.05) is 24.3 Å². The van der Waals surface area contributed by atoms with E-state index in [1.165, 1.54) is 6.08 Å². The van der Waals surface area contributed by atoms with Crippen molar-refractivity contribution >= 4 is 34.9 Å². The van der Waals surface area contributed by atoms with Crippen LogP contribution in [0.25, 0.3) is 17.2 Å². The van der Waals surface area contributed by atoms with Crippen molar-refractivity contribution in [3.8, 4) is 11.8 Å². The summed E-state index contributed by atoms with van der Waals surface area (Å²) in [5.41, 5.74) is 1.88. The van der Waals surface area contributed by atoms with Crippen molar-refractivity contribution in [3.05, 3.63) is 59.0 Å². The number of rotatable bonds is 6. The number of hydrogen-bond donors (Lipinski definition) is 0. The lowest BCUT2D eigenvalue weighted by molar-refractivity contribution is -0.298. The minimum atomic E-state index is -1.32. The molecule has 0 saturated heterocycles. The number of fused-ring (bicyclic) bond motifs is 1. The minimum Gasteiger partial charge on any atom is -0.544 e. The van der Waals surface area contributed by atoms with E-state index in [1.807, 2.05) is 18.2 Å². The molecule has 7 heteroatoms. The highest BCUT2D eigenvalue weighted by molar-refractivity contribution is 8.03. The fourth-order valence-corrected chi connectivity index (χ4v) is 2.79. The molecule has 124 valence electrons. The fraction of sp³-hybridized carbons (Fsp3) is 0.0556. The Labute approximate surface area is 147 Å². The Bertz CT molecular complexity index is 938. The van der Waals surface area contributed by atoms with Crippen molar-refractivity contribution in [2.75, 3.05) is 6.61 Å². The summed E-state index contributed by atoms with van der Waals surface area (Å²) >= 11 is 0.882. The average Bonchev–Trinajstić information content (AvgIpc) is 3.03. The Hall–Kier alpha value is -3.24. The number of benzene rings is 2. The van der Waals surface area contributed by atoms with E-state index in [0.29, 0.717) is 22.4 Å². The van der Waals surface area contributed by atoms with Crippen LogP contribution >= 0.6 is 11.8 Å². The van der Waals surface area contributed by atoms with Gasteiger partial charge in [0.25, 0.3) is 5.22 Å². The summed E-state index contributed by atoms with van der Waals surface area (Å²) in [5, 5.41) is 20.1. The third-order valence-corrected chi connectivity index (χ3v) is 4.01. The second-order valence-electron chi connectivity index (χ2n) is 4.86. The van der Waals surface area contributed by atoms with Crippen LogP contribution in [0, 0.1) is 11.3 Å². The molecule has 0 aliphatic carbocycles. The number of carboxylic acid groups (broad SMARTS) is 1. The van der Waals surface area contributed by atoms with Gasteiger partial charge in [-0.05, 0) is 47.7 Å². The van der Waals surface area contributed by atoms with E-state index in [9.17, 15) is 9.90 Å². The molecule has 1 aromatic heterocycles. The van der Waals surface area contributed by atoms with Gasteiger partial charge >= 0.3 is 0 Å². The lowest BCUT2D eigenvalue weighted by atomic mass is 10.2. The average molecular weight is 351 g/mol. The number of carbonyl (C=O) groups is 1. The summed E-state index contributed by atoms with van der Waals surface area (Å²) < 4.78 is 10.7. The van der Waals surface area contributed by atoms with Crippen LogP contribution in [-0.2, 0) is 4.79 Å². The van der Waals surface area contributed by atoms with Crippen LogP contribution in [-0.4, -0.2) is 17.6 Å². The van der Waals surface area contributed by atoms with E-state index in [-0.39, 0.29) is 16.7 Å². The first-order valence-corrected chi connectivity index (χ1v) is 8.03. The molecule has 0 N–H and O–H groups in total. The zero-order valence-corrected chi connectivity index (χ0v) is 13.7. The van der Waals surface area contributed by atoms with Crippen LogP contribution in [0.1, 0.15) is 5.56 Å². The zero-order valence-electron chi connectivity index (χ0n) is 12.8. The molecular formula is C18H11N2O4S-. The molecule has 0 unspecified atom stereocenters. The number of aliphatic carboxylic acids is 1. The Kier molecular flexibility index (Phi) is 5.02. The van der Waals surface area contributed by atoms with E-state index >= 15 is 0 Å². The number of thioether (sulfide) groups is 1. The van der Waals surface area contributed by atoms with Crippen molar-refractivity contribution in [2.24, 2.45) is 0 Å². The first kappa shape index (κ1) is 16.6. The lowest BCUT2D eigenvalue weighted by Crippen LogP contribution is -2.22. The molecule has 1 heterocycles. The molecular weight excluding hydrogens is 340 g/mol. The first-order valence-electron chi connectivity index (χ1n) is 7.22. The molecule has 2 aromatic carbocycles. The molecule has 3 aromatic rings. The number of nitrogens with zero attached hydrogens (tertiary/aromatic N) is 2. The molecule has 25 heavy (non-hydrogen) atoms. The first-order chi connectivity index (χ1) is 12.2. The zero-order chi connectivity index (χ0) is 17.6. The molecule has 6 nitrogen and oxygen atoms in total. The van der Waals surface area contributed by atoms with E-state index in [0.717, 1.165) is 11.8 Å². The van der Waals surface area contributed by atoms with Gasteiger partial charge in [0.05, 0.1) is 5.97 Å². The van der Waals surface area contributed by atoms with Crippen molar-refractivity contribution in [1.29, 1.82) is 5.26 Å². The van der Waals surface area contributed by atoms with Crippen LogP contribution in [0.5, 0.6) is 5.75 Å². The summed E-state index contributed by atoms with van der Waals surface area (Å²) in [6.45, 7) is -0.0486. The standard InChI is InChI=1S/C18H12N2O4S/c19-9-10-23-13-7-5-12(6-8-13)11-16(17(21)22)25-18-20-14-3-1-2-4-15(14)24-18/h1-8,11H,10H2,(H,21,22)/p-1/b16-11+. The number of hydrogen-bond acceptors (Lipinski definition) is 7. The molecule has 0 aliphatic rings. The lowest BCUT2D eigenvalue weighted by Gasteiger charge is -2.06. The van der Waals surface area contributed by atoms with Gasteiger partial charge in [0.15, 0.2) is 12.2 Å². The maximum absolute atomic E-state index is 11.4. The molecule has 0 saturated carbocycles. The number of carboxylic acids is 1. The van der Waals surface area contributed by atoms with Crippen molar-refractivity contribution in [3.63, 3.8) is 0 Å². The molecule has 0 aliphatic heterocycles. The van der Waals surface area contributed by atoms with Gasteiger partial charge in [-0.15, -0.1) is 0 Å². The van der Waals surface area contributed by atoms with Crippen LogP contribution in [0.2, 0.25) is 0 Å². The normalized spacial score (nSPS) is 11.2.